The van der Waals surface area contributed by atoms with Gasteiger partial charge in [0.2, 0.25) is 0 Å². The van der Waals surface area contributed by atoms with Crippen molar-refractivity contribution in [3.8, 4) is 0 Å². The molecule has 1 unspecified atom stereocenters. The highest BCUT2D eigenvalue weighted by Crippen LogP contribution is 2.25. The summed E-state index contributed by atoms with van der Waals surface area (Å²) in [7, 11) is 1.72. The van der Waals surface area contributed by atoms with Gasteiger partial charge in [-0.1, -0.05) is 41.9 Å². The molecule has 4 N–H and O–H groups in total. The first-order valence-corrected chi connectivity index (χ1v) is 13.2. The fraction of sp³-hybridized carbons (Fsp3) is 0.286. The Morgan fingerprint density at radius 1 is 1.18 bits per heavy atom. The highest BCUT2D eigenvalue weighted by Gasteiger charge is 2.25. The van der Waals surface area contributed by atoms with Crippen LogP contribution in [0.2, 0.25) is 5.02 Å². The minimum absolute atomic E-state index is 0.0187. The molecular weight excluding hydrogens is 537 g/mol. The van der Waals surface area contributed by atoms with Crippen molar-refractivity contribution in [3.63, 3.8) is 0 Å². The van der Waals surface area contributed by atoms with Gasteiger partial charge in [0, 0.05) is 63.5 Å². The Morgan fingerprint density at radius 2 is 1.98 bits per heavy atom. The van der Waals surface area contributed by atoms with E-state index in [1.54, 1.807) is 36.3 Å². The van der Waals surface area contributed by atoms with E-state index >= 15 is 0 Å². The molecule has 0 saturated heterocycles. The average Bonchev–Trinajstić information content (AvgIpc) is 3.35. The van der Waals surface area contributed by atoms with Crippen molar-refractivity contribution >= 4 is 40.3 Å². The number of hydrogen-bond acceptors (Lipinski definition) is 5. The van der Waals surface area contributed by atoms with Crippen molar-refractivity contribution in [2.45, 2.75) is 38.5 Å². The summed E-state index contributed by atoms with van der Waals surface area (Å²) in [6.45, 7) is 2.43. The summed E-state index contributed by atoms with van der Waals surface area (Å²) in [5.41, 5.74) is 2.50. The fourth-order valence-electron chi connectivity index (χ4n) is 4.99. The number of nitrogens with one attached hydrogen (secondary N) is 3. The van der Waals surface area contributed by atoms with Gasteiger partial charge in [-0.25, -0.2) is 23.9 Å². The second kappa shape index (κ2) is 11.9. The lowest BCUT2D eigenvalue weighted by atomic mass is 9.97. The monoisotopic (exact) mass is 565 g/mol. The Labute approximate surface area is 235 Å². The molecule has 12 heteroatoms. The van der Waals surface area contributed by atoms with Crippen LogP contribution in [0.4, 0.5) is 19.8 Å². The summed E-state index contributed by atoms with van der Waals surface area (Å²) in [5.74, 6) is 0.557. The first kappa shape index (κ1) is 27.4. The Hall–Kier alpha value is -4.22. The standard InChI is InChI=1S/C28H29ClFN7O3/c1-36(27(38)34-14-19-6-3-7-23(30)26(19)29)20(11-25-33-16-21-15-31-8-9-37(21)25)10-17-4-2-5-18-13-32-24(12-22(17)18)35-28(39)40/h2-7,12-13,16,20,31H,8-11,14-15H2,1H3,(H,32,35)(H,34,38)(H,39,40). The van der Waals surface area contributed by atoms with Gasteiger partial charge in [-0.2, -0.15) is 0 Å². The Morgan fingerprint density at radius 3 is 2.80 bits per heavy atom. The third-order valence-corrected chi connectivity index (χ3v) is 7.55. The van der Waals surface area contributed by atoms with Gasteiger partial charge in [-0.3, -0.25) is 5.32 Å². The number of anilines is 1. The van der Waals surface area contributed by atoms with Crippen LogP contribution in [0.15, 0.2) is 54.9 Å². The number of pyridine rings is 1. The van der Waals surface area contributed by atoms with Crippen molar-refractivity contribution in [1.82, 2.24) is 30.1 Å². The number of amides is 3. The van der Waals surface area contributed by atoms with E-state index in [1.165, 1.54) is 6.07 Å². The van der Waals surface area contributed by atoms with Crippen LogP contribution in [0, 0.1) is 5.82 Å². The summed E-state index contributed by atoms with van der Waals surface area (Å²) in [6, 6.07) is 11.3. The smallest absolute Gasteiger partial charge is 0.410 e. The van der Waals surface area contributed by atoms with Gasteiger partial charge in [0.15, 0.2) is 0 Å². The van der Waals surface area contributed by atoms with Gasteiger partial charge in [0.05, 0.1) is 10.7 Å². The molecule has 4 aromatic rings. The number of fused-ring (bicyclic) bond motifs is 2. The van der Waals surface area contributed by atoms with Crippen LogP contribution in [0.5, 0.6) is 0 Å². The first-order chi connectivity index (χ1) is 19.3. The van der Waals surface area contributed by atoms with Crippen molar-refractivity contribution in [1.29, 1.82) is 0 Å². The quantitative estimate of drug-likeness (QED) is 0.251. The molecule has 5 rings (SSSR count). The molecule has 40 heavy (non-hydrogen) atoms. The van der Waals surface area contributed by atoms with Crippen LogP contribution in [0.25, 0.3) is 10.8 Å². The molecule has 208 valence electrons. The van der Waals surface area contributed by atoms with E-state index in [9.17, 15) is 14.0 Å². The molecule has 0 radical (unpaired) electrons. The van der Waals surface area contributed by atoms with Crippen LogP contribution < -0.4 is 16.0 Å². The molecule has 2 aromatic heterocycles. The second-order valence-corrected chi connectivity index (χ2v) is 10.1. The lowest BCUT2D eigenvalue weighted by Crippen LogP contribution is -2.46. The van der Waals surface area contributed by atoms with Crippen molar-refractivity contribution in [2.75, 3.05) is 18.9 Å². The minimum atomic E-state index is -1.20. The Balaban J connectivity index is 1.43. The molecule has 0 saturated carbocycles. The van der Waals surface area contributed by atoms with Crippen LogP contribution in [-0.4, -0.2) is 56.3 Å². The normalized spacial score (nSPS) is 13.5. The number of likely N-dealkylation sites (N-methyl/N-ethyl adjacent to an activating group) is 1. The van der Waals surface area contributed by atoms with Crippen LogP contribution in [-0.2, 0) is 32.5 Å². The van der Waals surface area contributed by atoms with Gasteiger partial charge in [0.1, 0.15) is 17.5 Å². The number of carbonyl (C=O) groups excluding carboxylic acids is 1. The average molecular weight is 566 g/mol. The molecule has 1 aliphatic rings. The van der Waals surface area contributed by atoms with E-state index < -0.39 is 11.9 Å². The van der Waals surface area contributed by atoms with Crippen LogP contribution in [0.3, 0.4) is 0 Å². The third kappa shape index (κ3) is 6.00. The van der Waals surface area contributed by atoms with E-state index in [-0.39, 0.29) is 29.5 Å². The lowest BCUT2D eigenvalue weighted by molar-refractivity contribution is 0.187. The van der Waals surface area contributed by atoms with Crippen molar-refractivity contribution in [3.05, 3.63) is 88.3 Å². The van der Waals surface area contributed by atoms with E-state index in [0.29, 0.717) is 18.4 Å². The lowest BCUT2D eigenvalue weighted by Gasteiger charge is -2.30. The third-order valence-electron chi connectivity index (χ3n) is 7.13. The zero-order valence-corrected chi connectivity index (χ0v) is 22.6. The number of hydrogen-bond donors (Lipinski definition) is 4. The SMILES string of the molecule is CN(C(=O)NCc1cccc(F)c1Cl)C(Cc1cccc2cnc(NC(=O)O)cc12)Cc1ncc2n1CCNC2. The molecule has 3 heterocycles. The van der Waals surface area contributed by atoms with Gasteiger partial charge >= 0.3 is 12.1 Å². The van der Waals surface area contributed by atoms with E-state index in [2.05, 4.69) is 30.5 Å². The minimum Gasteiger partial charge on any atom is -0.465 e. The molecule has 3 amide bonds. The number of halogens is 2. The maximum Gasteiger partial charge on any atom is 0.410 e. The molecule has 2 aromatic carbocycles. The van der Waals surface area contributed by atoms with E-state index in [4.69, 9.17) is 16.7 Å². The molecular formula is C28H29ClFN7O3. The highest BCUT2D eigenvalue weighted by atomic mass is 35.5. The second-order valence-electron chi connectivity index (χ2n) is 9.68. The van der Waals surface area contributed by atoms with Gasteiger partial charge < -0.3 is 25.2 Å². The first-order valence-electron chi connectivity index (χ1n) is 12.8. The van der Waals surface area contributed by atoms with Gasteiger partial charge in [-0.15, -0.1) is 0 Å². The fourth-order valence-corrected chi connectivity index (χ4v) is 5.18. The highest BCUT2D eigenvalue weighted by molar-refractivity contribution is 6.31. The molecule has 1 atom stereocenters. The van der Waals surface area contributed by atoms with E-state index in [1.807, 2.05) is 24.4 Å². The van der Waals surface area contributed by atoms with Crippen molar-refractivity contribution in [2.24, 2.45) is 0 Å². The number of nitrogens with zero attached hydrogens (tertiary/aromatic N) is 4. The number of aromatic nitrogens is 3. The zero-order valence-electron chi connectivity index (χ0n) is 21.8. The predicted octanol–water partition coefficient (Wildman–Crippen LogP) is 4.41. The van der Waals surface area contributed by atoms with Gasteiger partial charge in [0.25, 0.3) is 0 Å². The summed E-state index contributed by atoms with van der Waals surface area (Å²) in [4.78, 5) is 35.0. The molecule has 0 fully saturated rings. The van der Waals surface area contributed by atoms with Crippen LogP contribution in [0.1, 0.15) is 22.6 Å². The number of urea groups is 1. The van der Waals surface area contributed by atoms with Crippen LogP contribution >= 0.6 is 11.6 Å². The summed E-state index contributed by atoms with van der Waals surface area (Å²) in [5, 5.41) is 19.3. The van der Waals surface area contributed by atoms with Gasteiger partial charge in [-0.05, 0) is 35.1 Å². The summed E-state index contributed by atoms with van der Waals surface area (Å²) in [6.07, 6.45) is 3.25. The maximum atomic E-state index is 13.9. The molecule has 0 bridgehead atoms. The number of imidazole rings is 1. The Bertz CT molecular complexity index is 1560. The number of carbonyl (C=O) groups is 2. The number of benzene rings is 2. The Kier molecular flexibility index (Phi) is 8.13. The largest absolute Gasteiger partial charge is 0.465 e. The molecule has 0 spiro atoms. The maximum absolute atomic E-state index is 13.9. The summed E-state index contributed by atoms with van der Waals surface area (Å²) < 4.78 is 16.1. The molecule has 1 aliphatic heterocycles. The zero-order chi connectivity index (χ0) is 28.2. The molecule has 10 nitrogen and oxygen atoms in total. The van der Waals surface area contributed by atoms with Crippen molar-refractivity contribution < 1.29 is 19.1 Å². The summed E-state index contributed by atoms with van der Waals surface area (Å²) >= 11 is 6.09. The molecule has 0 aliphatic carbocycles. The predicted molar refractivity (Wildman–Crippen MR) is 150 cm³/mol. The van der Waals surface area contributed by atoms with E-state index in [0.717, 1.165) is 47.5 Å². The topological polar surface area (TPSA) is 124 Å². The number of rotatable bonds is 8. The number of carboxylic acid groups (broad SMARTS) is 1.